The molecule has 11 nitrogen and oxygen atoms in total. The lowest BCUT2D eigenvalue weighted by molar-refractivity contribution is -0.136. The number of carbonyl (C=O) groups excluding carboxylic acids is 2. The number of nitrogens with one attached hydrogen (secondary N) is 4. The molecule has 194 valence electrons. The Morgan fingerprint density at radius 1 is 1.11 bits per heavy atom. The van der Waals surface area contributed by atoms with Gasteiger partial charge in [0.05, 0.1) is 40.8 Å². The fraction of sp³-hybridized carbons (Fsp3) is 0.682. The van der Waals surface area contributed by atoms with Crippen molar-refractivity contribution in [2.24, 2.45) is 23.3 Å². The van der Waals surface area contributed by atoms with E-state index in [1.165, 1.54) is 12.4 Å². The zero-order valence-electron chi connectivity index (χ0n) is 19.7. The van der Waals surface area contributed by atoms with Crippen molar-refractivity contribution in [3.63, 3.8) is 0 Å². The van der Waals surface area contributed by atoms with Gasteiger partial charge in [-0.2, -0.15) is 0 Å². The summed E-state index contributed by atoms with van der Waals surface area (Å²) in [5.74, 6) is -1.08. The smallest absolute Gasteiger partial charge is 0.233 e. The van der Waals surface area contributed by atoms with Crippen LogP contribution in [-0.4, -0.2) is 92.6 Å². The average Bonchev–Trinajstić information content (AvgIpc) is 2.85. The molecule has 0 bridgehead atoms. The highest BCUT2D eigenvalue weighted by atomic mass is 35.5. The van der Waals surface area contributed by atoms with Gasteiger partial charge in [0, 0.05) is 64.5 Å². The van der Waals surface area contributed by atoms with Gasteiger partial charge in [-0.15, -0.1) is 0 Å². The Balaban J connectivity index is 1.43. The number of anilines is 2. The van der Waals surface area contributed by atoms with Crippen LogP contribution >= 0.6 is 11.6 Å². The summed E-state index contributed by atoms with van der Waals surface area (Å²) in [5, 5.41) is 12.5. The minimum absolute atomic E-state index is 0.0228. The normalized spacial score (nSPS) is 24.9. The Hall–Kier alpha value is -2.09. The van der Waals surface area contributed by atoms with Crippen LogP contribution in [0.4, 0.5) is 15.8 Å². The molecule has 3 aliphatic heterocycles. The second kappa shape index (κ2) is 11.8. The van der Waals surface area contributed by atoms with E-state index in [0.29, 0.717) is 42.3 Å². The van der Waals surface area contributed by atoms with E-state index in [9.17, 15) is 14.0 Å². The summed E-state index contributed by atoms with van der Waals surface area (Å²) in [5.41, 5.74) is 12.9. The Morgan fingerprint density at radius 2 is 1.77 bits per heavy atom. The first-order valence-electron chi connectivity index (χ1n) is 12.2. The molecule has 1 aromatic heterocycles. The lowest BCUT2D eigenvalue weighted by Crippen LogP contribution is -2.64. The number of amides is 2. The van der Waals surface area contributed by atoms with Crippen molar-refractivity contribution in [1.82, 2.24) is 25.8 Å². The number of halogens is 2. The maximum absolute atomic E-state index is 13.5. The van der Waals surface area contributed by atoms with Gasteiger partial charge in [0.25, 0.3) is 0 Å². The summed E-state index contributed by atoms with van der Waals surface area (Å²) in [6, 6.07) is 0. The van der Waals surface area contributed by atoms with E-state index in [-0.39, 0.29) is 24.9 Å². The number of hydrogen-bond acceptors (Lipinski definition) is 9. The van der Waals surface area contributed by atoms with Gasteiger partial charge in [0.1, 0.15) is 6.17 Å². The number of piperazine rings is 1. The zero-order chi connectivity index (χ0) is 24.9. The monoisotopic (exact) mass is 511 g/mol. The number of alkyl halides is 1. The molecule has 8 N–H and O–H groups in total. The van der Waals surface area contributed by atoms with Gasteiger partial charge in [-0.05, 0) is 12.8 Å². The molecule has 0 spiro atoms. The molecular formula is C22H35ClFN9O2. The maximum atomic E-state index is 13.5. The number of rotatable bonds is 6. The van der Waals surface area contributed by atoms with Crippen LogP contribution in [-0.2, 0) is 9.59 Å². The molecule has 4 rings (SSSR count). The first kappa shape index (κ1) is 26.0. The van der Waals surface area contributed by atoms with E-state index in [1.54, 1.807) is 0 Å². The molecule has 3 saturated heterocycles. The number of aromatic nitrogens is 1. The quantitative estimate of drug-likeness (QED) is 0.265. The molecule has 13 heteroatoms. The van der Waals surface area contributed by atoms with E-state index in [2.05, 4.69) is 31.2 Å². The summed E-state index contributed by atoms with van der Waals surface area (Å²) < 4.78 is 13.5. The minimum Gasteiger partial charge on any atom is -0.369 e. The summed E-state index contributed by atoms with van der Waals surface area (Å²) in [6.45, 7) is 4.61. The van der Waals surface area contributed by atoms with Crippen LogP contribution in [0, 0.1) is 11.8 Å². The summed E-state index contributed by atoms with van der Waals surface area (Å²) in [7, 11) is 0. The van der Waals surface area contributed by atoms with Crippen LogP contribution in [0.25, 0.3) is 0 Å². The number of hydrogen-bond donors (Lipinski definition) is 6. The second-order valence-electron chi connectivity index (χ2n) is 9.34. The Morgan fingerprint density at radius 3 is 2.40 bits per heavy atom. The molecule has 0 saturated carbocycles. The summed E-state index contributed by atoms with van der Waals surface area (Å²) in [6.07, 6.45) is 1.88. The van der Waals surface area contributed by atoms with Crippen LogP contribution < -0.4 is 37.6 Å². The highest BCUT2D eigenvalue weighted by Gasteiger charge is 2.36. The Bertz CT molecular complexity index is 886. The topological polar surface area (TPSA) is 154 Å². The summed E-state index contributed by atoms with van der Waals surface area (Å²) in [4.78, 5) is 34.3. The van der Waals surface area contributed by atoms with Crippen LogP contribution in [0.2, 0.25) is 5.02 Å². The molecule has 1 atom stereocenters. The highest BCUT2D eigenvalue weighted by Crippen LogP contribution is 2.36. The fourth-order valence-corrected chi connectivity index (χ4v) is 5.28. The molecule has 0 aromatic carbocycles. The van der Waals surface area contributed by atoms with Gasteiger partial charge >= 0.3 is 0 Å². The van der Waals surface area contributed by atoms with E-state index < -0.39 is 30.3 Å². The highest BCUT2D eigenvalue weighted by molar-refractivity contribution is 6.34. The molecule has 1 unspecified atom stereocenters. The third kappa shape index (κ3) is 6.19. The first-order chi connectivity index (χ1) is 16.8. The lowest BCUT2D eigenvalue weighted by Gasteiger charge is -2.38. The SMILES string of the molecule is NC(N)C(C(=O)Nc1cncc(Cl)c1N1CCC(C(=O)N2CCNCC2)CC1)C1NCC(F)CN1. The largest absolute Gasteiger partial charge is 0.369 e. The minimum atomic E-state index is -1.05. The summed E-state index contributed by atoms with van der Waals surface area (Å²) >= 11 is 6.52. The number of nitrogens with two attached hydrogens (primary N) is 2. The molecule has 0 aliphatic carbocycles. The van der Waals surface area contributed by atoms with Crippen LogP contribution in [0.15, 0.2) is 12.4 Å². The Kier molecular flexibility index (Phi) is 8.73. The van der Waals surface area contributed by atoms with Crippen molar-refractivity contribution >= 4 is 34.8 Å². The van der Waals surface area contributed by atoms with Crippen molar-refractivity contribution in [2.45, 2.75) is 31.3 Å². The van der Waals surface area contributed by atoms with Crippen molar-refractivity contribution in [1.29, 1.82) is 0 Å². The lowest BCUT2D eigenvalue weighted by atomic mass is 9.94. The first-order valence-corrected chi connectivity index (χ1v) is 12.5. The third-order valence-electron chi connectivity index (χ3n) is 6.91. The van der Waals surface area contributed by atoms with Crippen LogP contribution in [0.1, 0.15) is 12.8 Å². The standard InChI is InChI=1S/C22H35ClFN9O2/c23-15-11-28-12-16(31-21(34)17(19(25)26)20-29-9-14(24)10-30-20)18(15)32-5-1-13(2-6-32)22(35)33-7-3-27-4-8-33/h11-14,17,19-20,27,29-30H,1-10,25-26H2,(H,31,34). The van der Waals surface area contributed by atoms with E-state index in [0.717, 1.165) is 26.2 Å². The van der Waals surface area contributed by atoms with Gasteiger partial charge in [0.2, 0.25) is 11.8 Å². The predicted octanol–water partition coefficient (Wildman–Crippen LogP) is -0.962. The van der Waals surface area contributed by atoms with Gasteiger partial charge in [-0.3, -0.25) is 25.2 Å². The van der Waals surface area contributed by atoms with E-state index >= 15 is 0 Å². The van der Waals surface area contributed by atoms with E-state index in [4.69, 9.17) is 23.1 Å². The number of carbonyl (C=O) groups is 2. The second-order valence-corrected chi connectivity index (χ2v) is 9.75. The molecule has 3 fully saturated rings. The van der Waals surface area contributed by atoms with E-state index in [1.807, 2.05) is 4.90 Å². The predicted molar refractivity (Wildman–Crippen MR) is 133 cm³/mol. The van der Waals surface area contributed by atoms with Crippen molar-refractivity contribution in [3.8, 4) is 0 Å². The van der Waals surface area contributed by atoms with Crippen molar-refractivity contribution in [3.05, 3.63) is 17.4 Å². The third-order valence-corrected chi connectivity index (χ3v) is 7.19. The number of pyridine rings is 1. The van der Waals surface area contributed by atoms with Gasteiger partial charge < -0.3 is 31.9 Å². The number of nitrogens with zero attached hydrogens (tertiary/aromatic N) is 3. The molecule has 1 aromatic rings. The average molecular weight is 512 g/mol. The number of piperidine rings is 1. The molecule has 2 amide bonds. The van der Waals surface area contributed by atoms with Crippen LogP contribution in [0.3, 0.4) is 0 Å². The van der Waals surface area contributed by atoms with Gasteiger partial charge in [-0.25, -0.2) is 4.39 Å². The Labute approximate surface area is 209 Å². The van der Waals surface area contributed by atoms with Gasteiger partial charge in [-0.1, -0.05) is 11.6 Å². The van der Waals surface area contributed by atoms with Gasteiger partial charge in [0.15, 0.2) is 0 Å². The molecule has 4 heterocycles. The molecule has 0 radical (unpaired) electrons. The molecule has 35 heavy (non-hydrogen) atoms. The van der Waals surface area contributed by atoms with Crippen LogP contribution in [0.5, 0.6) is 0 Å². The molecular weight excluding hydrogens is 477 g/mol. The zero-order valence-corrected chi connectivity index (χ0v) is 20.4. The molecule has 3 aliphatic rings. The van der Waals surface area contributed by atoms with Crippen molar-refractivity contribution < 1.29 is 14.0 Å². The fourth-order valence-electron chi connectivity index (χ4n) is 5.01. The maximum Gasteiger partial charge on any atom is 0.233 e. The van der Waals surface area contributed by atoms with Crippen molar-refractivity contribution in [2.75, 3.05) is 62.6 Å².